The minimum atomic E-state index is -0.494. The van der Waals surface area contributed by atoms with Gasteiger partial charge in [0, 0.05) is 5.69 Å². The van der Waals surface area contributed by atoms with Crippen molar-refractivity contribution in [3.05, 3.63) is 76.6 Å². The predicted molar refractivity (Wildman–Crippen MR) is 103 cm³/mol. The lowest BCUT2D eigenvalue weighted by Crippen LogP contribution is -2.11. The number of ether oxygens (including phenoxy) is 1. The van der Waals surface area contributed by atoms with Crippen molar-refractivity contribution in [1.82, 2.24) is 9.97 Å². The highest BCUT2D eigenvalue weighted by atomic mass is 16.6. The summed E-state index contributed by atoms with van der Waals surface area (Å²) >= 11 is 0. The first-order valence-corrected chi connectivity index (χ1v) is 8.30. The molecule has 0 saturated heterocycles. The molecule has 3 aromatic rings. The summed E-state index contributed by atoms with van der Waals surface area (Å²) in [7, 11) is 1.57. The van der Waals surface area contributed by atoms with Crippen LogP contribution in [0.4, 0.5) is 23.0 Å². The van der Waals surface area contributed by atoms with E-state index in [4.69, 9.17) is 4.74 Å². The van der Waals surface area contributed by atoms with Gasteiger partial charge in [0.1, 0.15) is 12.1 Å². The van der Waals surface area contributed by atoms with Gasteiger partial charge < -0.3 is 15.4 Å². The van der Waals surface area contributed by atoms with Gasteiger partial charge in [0.05, 0.1) is 18.1 Å². The lowest BCUT2D eigenvalue weighted by Gasteiger charge is -2.16. The Morgan fingerprint density at radius 1 is 1.04 bits per heavy atom. The number of nitrogens with one attached hydrogen (secondary N) is 2. The maximum absolute atomic E-state index is 11.7. The Kier molecular flexibility index (Phi) is 5.46. The molecule has 0 saturated carbocycles. The molecule has 3 rings (SSSR count). The molecule has 8 nitrogen and oxygen atoms in total. The van der Waals surface area contributed by atoms with Crippen LogP contribution in [0.2, 0.25) is 0 Å². The molecule has 0 aliphatic heterocycles. The molecule has 1 unspecified atom stereocenters. The van der Waals surface area contributed by atoms with E-state index in [1.54, 1.807) is 31.4 Å². The molecule has 0 amide bonds. The van der Waals surface area contributed by atoms with Crippen LogP contribution in [0.15, 0.2) is 60.9 Å². The van der Waals surface area contributed by atoms with Gasteiger partial charge in [-0.25, -0.2) is 9.97 Å². The maximum atomic E-state index is 11.7. The van der Waals surface area contributed by atoms with Crippen molar-refractivity contribution in [3.8, 4) is 5.75 Å². The molecule has 1 atom stereocenters. The van der Waals surface area contributed by atoms with Gasteiger partial charge in [-0.3, -0.25) is 10.1 Å². The number of benzene rings is 2. The van der Waals surface area contributed by atoms with Crippen LogP contribution in [0, 0.1) is 10.1 Å². The summed E-state index contributed by atoms with van der Waals surface area (Å²) in [6, 6.07) is 16.5. The Hall–Kier alpha value is -3.68. The molecule has 0 aliphatic rings. The van der Waals surface area contributed by atoms with Crippen LogP contribution in [0.3, 0.4) is 0 Å². The van der Waals surface area contributed by atoms with E-state index in [1.807, 2.05) is 37.3 Å². The van der Waals surface area contributed by atoms with Crippen molar-refractivity contribution in [3.63, 3.8) is 0 Å². The van der Waals surface area contributed by atoms with Crippen molar-refractivity contribution < 1.29 is 9.66 Å². The molecule has 8 heteroatoms. The number of aromatic nitrogens is 2. The first-order chi connectivity index (χ1) is 13.1. The fraction of sp³-hybridized carbons (Fsp3) is 0.158. The highest BCUT2D eigenvalue weighted by Crippen LogP contribution is 2.33. The molecule has 0 radical (unpaired) electrons. The zero-order valence-corrected chi connectivity index (χ0v) is 14.9. The number of hydrogen-bond donors (Lipinski definition) is 2. The van der Waals surface area contributed by atoms with Crippen molar-refractivity contribution in [2.24, 2.45) is 0 Å². The van der Waals surface area contributed by atoms with Gasteiger partial charge in [0.2, 0.25) is 11.6 Å². The molecule has 0 aliphatic carbocycles. The summed E-state index contributed by atoms with van der Waals surface area (Å²) in [4.78, 5) is 19.3. The Morgan fingerprint density at radius 2 is 1.70 bits per heavy atom. The molecule has 0 spiro atoms. The predicted octanol–water partition coefficient (Wildman–Crippen LogP) is 4.31. The first-order valence-electron chi connectivity index (χ1n) is 8.30. The van der Waals surface area contributed by atoms with E-state index in [2.05, 4.69) is 20.6 Å². The van der Waals surface area contributed by atoms with Gasteiger partial charge in [-0.1, -0.05) is 30.3 Å². The number of hydrogen-bond acceptors (Lipinski definition) is 7. The average molecular weight is 365 g/mol. The third kappa shape index (κ3) is 4.30. The minimum absolute atomic E-state index is 0.114. The standard InChI is InChI=1S/C19H19N5O3/c1-13(14-6-4-3-5-7-14)22-18-17(24(25)26)19(21-12-20-18)23-15-8-10-16(27-2)11-9-15/h3-13H,1-2H3,(H2,20,21,22,23). The van der Waals surface area contributed by atoms with Crippen LogP contribution >= 0.6 is 0 Å². The molecule has 2 aromatic carbocycles. The first kappa shape index (κ1) is 18.1. The van der Waals surface area contributed by atoms with Gasteiger partial charge in [0.25, 0.3) is 0 Å². The monoisotopic (exact) mass is 365 g/mol. The molecule has 2 N–H and O–H groups in total. The van der Waals surface area contributed by atoms with E-state index in [1.165, 1.54) is 6.33 Å². The van der Waals surface area contributed by atoms with Crippen LogP contribution in [0.5, 0.6) is 5.75 Å². The number of methoxy groups -OCH3 is 1. The quantitative estimate of drug-likeness (QED) is 0.475. The SMILES string of the molecule is COc1ccc(Nc2ncnc(NC(C)c3ccccc3)c2[N+](=O)[O-])cc1. The van der Waals surface area contributed by atoms with Crippen LogP contribution in [0.1, 0.15) is 18.5 Å². The third-order valence-electron chi connectivity index (χ3n) is 4.01. The van der Waals surface area contributed by atoms with Crippen molar-refractivity contribution in [1.29, 1.82) is 0 Å². The molecule has 0 fully saturated rings. The minimum Gasteiger partial charge on any atom is -0.497 e. The zero-order chi connectivity index (χ0) is 19.2. The largest absolute Gasteiger partial charge is 0.497 e. The van der Waals surface area contributed by atoms with Gasteiger partial charge in [-0.2, -0.15) is 0 Å². The number of anilines is 3. The van der Waals surface area contributed by atoms with E-state index >= 15 is 0 Å². The summed E-state index contributed by atoms with van der Waals surface area (Å²) in [6.07, 6.45) is 1.29. The summed E-state index contributed by atoms with van der Waals surface area (Å²) in [5.41, 5.74) is 1.44. The van der Waals surface area contributed by atoms with Crippen LogP contribution in [-0.4, -0.2) is 22.0 Å². The molecule has 27 heavy (non-hydrogen) atoms. The van der Waals surface area contributed by atoms with Gasteiger partial charge in [0.15, 0.2) is 0 Å². The molecule has 1 aromatic heterocycles. The van der Waals surface area contributed by atoms with E-state index < -0.39 is 4.92 Å². The Morgan fingerprint density at radius 3 is 2.33 bits per heavy atom. The second-order valence-corrected chi connectivity index (χ2v) is 5.81. The lowest BCUT2D eigenvalue weighted by atomic mass is 10.1. The highest BCUT2D eigenvalue weighted by molar-refractivity contribution is 5.74. The summed E-state index contributed by atoms with van der Waals surface area (Å²) in [6.45, 7) is 1.91. The Balaban J connectivity index is 1.89. The second-order valence-electron chi connectivity index (χ2n) is 5.81. The van der Waals surface area contributed by atoms with Crippen LogP contribution < -0.4 is 15.4 Å². The smallest absolute Gasteiger partial charge is 0.353 e. The topological polar surface area (TPSA) is 102 Å². The number of nitrogens with zero attached hydrogens (tertiary/aromatic N) is 3. The van der Waals surface area contributed by atoms with E-state index in [9.17, 15) is 10.1 Å². The van der Waals surface area contributed by atoms with Crippen LogP contribution in [0.25, 0.3) is 0 Å². The van der Waals surface area contributed by atoms with Crippen LogP contribution in [-0.2, 0) is 0 Å². The van der Waals surface area contributed by atoms with Crippen molar-refractivity contribution in [2.75, 3.05) is 17.7 Å². The number of rotatable bonds is 7. The summed E-state index contributed by atoms with van der Waals surface area (Å²) < 4.78 is 5.11. The molecular formula is C19H19N5O3. The third-order valence-corrected chi connectivity index (χ3v) is 4.01. The second kappa shape index (κ2) is 8.13. The van der Waals surface area contributed by atoms with E-state index in [0.29, 0.717) is 11.4 Å². The summed E-state index contributed by atoms with van der Waals surface area (Å²) in [5, 5.41) is 17.7. The average Bonchev–Trinajstić information content (AvgIpc) is 2.69. The van der Waals surface area contributed by atoms with Gasteiger partial charge in [-0.15, -0.1) is 0 Å². The summed E-state index contributed by atoms with van der Waals surface area (Å²) in [5.74, 6) is 0.960. The zero-order valence-electron chi connectivity index (χ0n) is 14.9. The van der Waals surface area contributed by atoms with Gasteiger partial charge >= 0.3 is 5.69 Å². The number of nitro groups is 1. The molecular weight excluding hydrogens is 346 g/mol. The van der Waals surface area contributed by atoms with Crippen molar-refractivity contribution in [2.45, 2.75) is 13.0 Å². The molecule has 138 valence electrons. The Labute approximate surface area is 156 Å². The lowest BCUT2D eigenvalue weighted by molar-refractivity contribution is -0.383. The highest BCUT2D eigenvalue weighted by Gasteiger charge is 2.24. The maximum Gasteiger partial charge on any atom is 0.353 e. The van der Waals surface area contributed by atoms with Gasteiger partial charge in [-0.05, 0) is 36.8 Å². The fourth-order valence-electron chi connectivity index (χ4n) is 2.59. The van der Waals surface area contributed by atoms with Crippen molar-refractivity contribution >= 4 is 23.0 Å². The van der Waals surface area contributed by atoms with E-state index in [0.717, 1.165) is 5.56 Å². The molecule has 0 bridgehead atoms. The fourth-order valence-corrected chi connectivity index (χ4v) is 2.59. The normalized spacial score (nSPS) is 11.5. The Bertz CT molecular complexity index is 916. The van der Waals surface area contributed by atoms with E-state index in [-0.39, 0.29) is 23.4 Å². The molecule has 1 heterocycles.